The maximum Gasteiger partial charge on any atom is 0.387 e. The highest BCUT2D eigenvalue weighted by Crippen LogP contribution is 2.37. The Bertz CT molecular complexity index is 482. The van der Waals surface area contributed by atoms with Crippen molar-refractivity contribution in [2.24, 2.45) is 5.73 Å². The molecule has 0 spiro atoms. The van der Waals surface area contributed by atoms with Crippen LogP contribution in [0.5, 0.6) is 5.75 Å². The molecule has 0 bridgehead atoms. The molecule has 0 unspecified atom stereocenters. The molecular formula is C12H14Cl2F2N2O2. The average Bonchev–Trinajstić information content (AvgIpc) is 2.20. The number of ether oxygens (including phenoxy) is 1. The molecule has 112 valence electrons. The Labute approximate surface area is 125 Å². The van der Waals surface area contributed by atoms with E-state index in [0.717, 1.165) is 0 Å². The number of halogens is 4. The van der Waals surface area contributed by atoms with Crippen LogP contribution in [-0.2, 0) is 4.79 Å². The van der Waals surface area contributed by atoms with Crippen molar-refractivity contribution in [1.29, 1.82) is 0 Å². The summed E-state index contributed by atoms with van der Waals surface area (Å²) in [5.74, 6) is -0.673. The zero-order chi connectivity index (χ0) is 15.5. The first-order chi connectivity index (χ1) is 9.08. The first kappa shape index (κ1) is 16.9. The summed E-state index contributed by atoms with van der Waals surface area (Å²) in [6.07, 6.45) is 0.0809. The second-order valence-electron chi connectivity index (χ2n) is 4.86. The molecule has 1 amide bonds. The second-order valence-corrected chi connectivity index (χ2v) is 5.68. The number of benzene rings is 1. The third kappa shape index (κ3) is 5.48. The molecule has 1 rings (SSSR count). The zero-order valence-electron chi connectivity index (χ0n) is 10.8. The van der Waals surface area contributed by atoms with Gasteiger partial charge >= 0.3 is 6.61 Å². The number of rotatable bonds is 5. The molecular weight excluding hydrogens is 313 g/mol. The van der Waals surface area contributed by atoms with Gasteiger partial charge in [0.15, 0.2) is 5.75 Å². The van der Waals surface area contributed by atoms with E-state index in [0.29, 0.717) is 0 Å². The van der Waals surface area contributed by atoms with E-state index in [4.69, 9.17) is 28.9 Å². The Kier molecular flexibility index (Phi) is 5.56. The lowest BCUT2D eigenvalue weighted by atomic mass is 10.0. The summed E-state index contributed by atoms with van der Waals surface area (Å²) in [5.41, 5.74) is 5.32. The Morgan fingerprint density at radius 2 is 1.90 bits per heavy atom. The van der Waals surface area contributed by atoms with Crippen LogP contribution < -0.4 is 15.8 Å². The predicted molar refractivity (Wildman–Crippen MR) is 74.6 cm³/mol. The maximum atomic E-state index is 12.2. The molecule has 0 saturated carbocycles. The van der Waals surface area contributed by atoms with Crippen molar-refractivity contribution in [3.63, 3.8) is 0 Å². The quantitative estimate of drug-likeness (QED) is 0.867. The van der Waals surface area contributed by atoms with Crippen LogP contribution in [0.4, 0.5) is 14.5 Å². The van der Waals surface area contributed by atoms with Crippen LogP contribution in [0, 0.1) is 0 Å². The number of hydrogen-bond acceptors (Lipinski definition) is 3. The number of carbonyl (C=O) groups is 1. The van der Waals surface area contributed by atoms with Crippen LogP contribution in [0.1, 0.15) is 20.3 Å². The normalized spacial score (nSPS) is 11.6. The predicted octanol–water partition coefficient (Wildman–Crippen LogP) is 3.66. The van der Waals surface area contributed by atoms with Gasteiger partial charge in [-0.3, -0.25) is 4.79 Å². The number of alkyl halides is 2. The second kappa shape index (κ2) is 6.56. The molecule has 0 aliphatic heterocycles. The molecule has 0 atom stereocenters. The van der Waals surface area contributed by atoms with Crippen LogP contribution in [0.25, 0.3) is 0 Å². The summed E-state index contributed by atoms with van der Waals surface area (Å²) < 4.78 is 28.5. The molecule has 0 saturated heterocycles. The van der Waals surface area contributed by atoms with E-state index < -0.39 is 12.2 Å². The lowest BCUT2D eigenvalue weighted by Crippen LogP contribution is -2.36. The summed E-state index contributed by atoms with van der Waals surface area (Å²) in [7, 11) is 0. The van der Waals surface area contributed by atoms with Gasteiger partial charge in [0.2, 0.25) is 5.91 Å². The third-order valence-corrected chi connectivity index (χ3v) is 2.67. The minimum absolute atomic E-state index is 0.0809. The molecule has 0 aromatic heterocycles. The first-order valence-corrected chi connectivity index (χ1v) is 6.36. The molecule has 0 heterocycles. The molecule has 1 aromatic rings. The molecule has 0 fully saturated rings. The number of anilines is 1. The van der Waals surface area contributed by atoms with Gasteiger partial charge in [-0.25, -0.2) is 0 Å². The summed E-state index contributed by atoms with van der Waals surface area (Å²) in [5, 5.41) is 2.28. The minimum Gasteiger partial charge on any atom is -0.432 e. The van der Waals surface area contributed by atoms with Gasteiger partial charge in [-0.05, 0) is 26.0 Å². The molecule has 3 N–H and O–H groups in total. The van der Waals surface area contributed by atoms with E-state index in [2.05, 4.69) is 10.1 Å². The topological polar surface area (TPSA) is 64.4 Å². The summed E-state index contributed by atoms with van der Waals surface area (Å²) >= 11 is 11.6. The highest BCUT2D eigenvalue weighted by Gasteiger charge is 2.18. The SMILES string of the molecule is CC(C)(N)CC(=O)Nc1cc(Cl)c(OC(F)F)c(Cl)c1. The van der Waals surface area contributed by atoms with Crippen molar-refractivity contribution in [2.75, 3.05) is 5.32 Å². The van der Waals surface area contributed by atoms with E-state index in [1.54, 1.807) is 13.8 Å². The van der Waals surface area contributed by atoms with Crippen molar-refractivity contribution >= 4 is 34.8 Å². The maximum absolute atomic E-state index is 12.2. The van der Waals surface area contributed by atoms with Crippen molar-refractivity contribution in [3.05, 3.63) is 22.2 Å². The highest BCUT2D eigenvalue weighted by atomic mass is 35.5. The molecule has 20 heavy (non-hydrogen) atoms. The van der Waals surface area contributed by atoms with Crippen LogP contribution >= 0.6 is 23.2 Å². The molecule has 0 radical (unpaired) electrons. The Hall–Kier alpha value is -1.11. The van der Waals surface area contributed by atoms with Gasteiger partial charge in [-0.15, -0.1) is 0 Å². The van der Waals surface area contributed by atoms with Crippen LogP contribution in [0.2, 0.25) is 10.0 Å². The molecule has 1 aromatic carbocycles. The minimum atomic E-state index is -3.04. The zero-order valence-corrected chi connectivity index (χ0v) is 12.4. The number of nitrogens with one attached hydrogen (secondary N) is 1. The van der Waals surface area contributed by atoms with Gasteiger partial charge in [0.25, 0.3) is 0 Å². The van der Waals surface area contributed by atoms with Crippen molar-refractivity contribution in [2.45, 2.75) is 32.4 Å². The van der Waals surface area contributed by atoms with Gasteiger partial charge in [0.1, 0.15) is 0 Å². The summed E-state index contributed by atoms with van der Waals surface area (Å²) in [6.45, 7) is 0.363. The van der Waals surface area contributed by atoms with E-state index in [-0.39, 0.29) is 33.8 Å². The summed E-state index contributed by atoms with van der Waals surface area (Å²) in [4.78, 5) is 11.7. The molecule has 8 heteroatoms. The Morgan fingerprint density at radius 1 is 1.40 bits per heavy atom. The van der Waals surface area contributed by atoms with Crippen LogP contribution in [-0.4, -0.2) is 18.1 Å². The van der Waals surface area contributed by atoms with E-state index in [1.807, 2.05) is 0 Å². The van der Waals surface area contributed by atoms with Crippen LogP contribution in [0.3, 0.4) is 0 Å². The van der Waals surface area contributed by atoms with E-state index in [1.165, 1.54) is 12.1 Å². The van der Waals surface area contributed by atoms with Crippen molar-refractivity contribution < 1.29 is 18.3 Å². The number of nitrogens with two attached hydrogens (primary N) is 1. The van der Waals surface area contributed by atoms with Crippen LogP contribution in [0.15, 0.2) is 12.1 Å². The fraction of sp³-hybridized carbons (Fsp3) is 0.417. The molecule has 0 aliphatic carbocycles. The van der Waals surface area contributed by atoms with Gasteiger partial charge in [-0.2, -0.15) is 8.78 Å². The lowest BCUT2D eigenvalue weighted by Gasteiger charge is -2.18. The number of hydrogen-bond donors (Lipinski definition) is 2. The largest absolute Gasteiger partial charge is 0.432 e. The van der Waals surface area contributed by atoms with Gasteiger partial charge in [0, 0.05) is 17.6 Å². The lowest BCUT2D eigenvalue weighted by molar-refractivity contribution is -0.117. The number of carbonyl (C=O) groups excluding carboxylic acids is 1. The van der Waals surface area contributed by atoms with Crippen molar-refractivity contribution in [3.8, 4) is 5.75 Å². The van der Waals surface area contributed by atoms with E-state index >= 15 is 0 Å². The first-order valence-electron chi connectivity index (χ1n) is 5.61. The fourth-order valence-electron chi connectivity index (χ4n) is 1.45. The standard InChI is InChI=1S/C12H14Cl2F2N2O2/c1-12(2,17)5-9(19)18-6-3-7(13)10(8(14)4-6)20-11(15)16/h3-4,11H,5,17H2,1-2H3,(H,18,19). The fourth-order valence-corrected chi connectivity index (χ4v) is 2.03. The average molecular weight is 327 g/mol. The van der Waals surface area contributed by atoms with E-state index in [9.17, 15) is 13.6 Å². The van der Waals surface area contributed by atoms with Crippen molar-refractivity contribution in [1.82, 2.24) is 0 Å². The smallest absolute Gasteiger partial charge is 0.387 e. The third-order valence-electron chi connectivity index (χ3n) is 2.11. The Balaban J connectivity index is 2.86. The molecule has 4 nitrogen and oxygen atoms in total. The highest BCUT2D eigenvalue weighted by molar-refractivity contribution is 6.37. The summed E-state index contributed by atoms with van der Waals surface area (Å²) in [6, 6.07) is 2.54. The van der Waals surface area contributed by atoms with Gasteiger partial charge in [-0.1, -0.05) is 23.2 Å². The monoisotopic (exact) mass is 326 g/mol. The number of amides is 1. The molecule has 0 aliphatic rings. The Morgan fingerprint density at radius 3 is 2.30 bits per heavy atom. The van der Waals surface area contributed by atoms with Gasteiger partial charge in [0.05, 0.1) is 10.0 Å². The van der Waals surface area contributed by atoms with Gasteiger partial charge < -0.3 is 15.8 Å².